The molecule has 0 aliphatic carbocycles. The largest absolute Gasteiger partial charge is 0.324 e. The van der Waals surface area contributed by atoms with Crippen molar-refractivity contribution in [3.05, 3.63) is 61.8 Å². The van der Waals surface area contributed by atoms with E-state index in [0.717, 1.165) is 13.1 Å². The molecule has 0 aliphatic rings. The summed E-state index contributed by atoms with van der Waals surface area (Å²) >= 11 is 7.75. The summed E-state index contributed by atoms with van der Waals surface area (Å²) in [5, 5.41) is 3.25. The van der Waals surface area contributed by atoms with Gasteiger partial charge < -0.3 is 9.88 Å². The molecule has 0 aliphatic heterocycles. The molecule has 0 saturated heterocycles. The highest BCUT2D eigenvalue weighted by molar-refractivity contribution is 7.09. The van der Waals surface area contributed by atoms with Gasteiger partial charge in [0.2, 0.25) is 0 Å². The van der Waals surface area contributed by atoms with Crippen molar-refractivity contribution in [2.75, 3.05) is 6.54 Å². The Labute approximate surface area is 137 Å². The lowest BCUT2D eigenvalue weighted by atomic mass is 10.2. The molecule has 0 radical (unpaired) electrons. The molecule has 3 aromatic rings. The number of hydrogen-bond donors (Lipinski definition) is 2. The molecule has 3 rings (SSSR count). The Hall–Kier alpha value is -1.69. The molecule has 114 valence electrons. The molecule has 0 amide bonds. The van der Waals surface area contributed by atoms with E-state index in [-0.39, 0.29) is 5.56 Å². The van der Waals surface area contributed by atoms with Crippen molar-refractivity contribution in [2.24, 2.45) is 0 Å². The first kappa shape index (κ1) is 15.2. The van der Waals surface area contributed by atoms with Crippen LogP contribution in [0.3, 0.4) is 0 Å². The van der Waals surface area contributed by atoms with E-state index in [1.54, 1.807) is 29.5 Å². The number of aromatic amines is 1. The molecule has 4 nitrogen and oxygen atoms in total. The van der Waals surface area contributed by atoms with Crippen LogP contribution in [0.4, 0.5) is 0 Å². The highest BCUT2D eigenvalue weighted by Crippen LogP contribution is 2.14. The Morgan fingerprint density at radius 3 is 2.91 bits per heavy atom. The molecular weight excluding hydrogens is 318 g/mol. The number of halogens is 1. The Morgan fingerprint density at radius 2 is 2.18 bits per heavy atom. The fraction of sp³-hybridized carbons (Fsp3) is 0.250. The molecule has 2 heterocycles. The monoisotopic (exact) mass is 334 g/mol. The summed E-state index contributed by atoms with van der Waals surface area (Å²) in [6, 6.07) is 9.35. The van der Waals surface area contributed by atoms with Crippen molar-refractivity contribution >= 4 is 33.8 Å². The molecule has 1 atom stereocenters. The summed E-state index contributed by atoms with van der Waals surface area (Å²) < 4.78 is 0. The zero-order valence-electron chi connectivity index (χ0n) is 12.2. The lowest BCUT2D eigenvalue weighted by Gasteiger charge is -2.16. The Bertz CT molecular complexity index is 829. The number of quaternary nitrogens is 1. The second-order valence-electron chi connectivity index (χ2n) is 5.21. The number of hydrogen-bond acceptors (Lipinski definition) is 3. The zero-order valence-corrected chi connectivity index (χ0v) is 13.8. The van der Waals surface area contributed by atoms with Crippen LogP contribution in [0.1, 0.15) is 17.6 Å². The van der Waals surface area contributed by atoms with Gasteiger partial charge in [-0.15, -0.1) is 11.3 Å². The topological polar surface area (TPSA) is 50.2 Å². The van der Waals surface area contributed by atoms with Crippen LogP contribution in [0.25, 0.3) is 10.9 Å². The molecule has 6 heteroatoms. The van der Waals surface area contributed by atoms with Crippen LogP contribution in [0.5, 0.6) is 0 Å². The number of benzene rings is 1. The quantitative estimate of drug-likeness (QED) is 0.752. The molecule has 1 aromatic carbocycles. The summed E-state index contributed by atoms with van der Waals surface area (Å²) in [6.07, 6.45) is 0. The predicted molar refractivity (Wildman–Crippen MR) is 90.6 cm³/mol. The van der Waals surface area contributed by atoms with E-state index in [1.807, 2.05) is 0 Å². The minimum atomic E-state index is -0.108. The Morgan fingerprint density at radius 1 is 1.32 bits per heavy atom. The van der Waals surface area contributed by atoms with Gasteiger partial charge in [0.25, 0.3) is 5.56 Å². The number of H-pyrrole nitrogens is 1. The van der Waals surface area contributed by atoms with Crippen LogP contribution in [0, 0.1) is 0 Å². The number of aromatic nitrogens is 2. The number of nitrogens with one attached hydrogen (secondary N) is 2. The van der Waals surface area contributed by atoms with E-state index in [4.69, 9.17) is 11.6 Å². The normalized spacial score (nSPS) is 12.6. The number of rotatable bonds is 5. The van der Waals surface area contributed by atoms with E-state index < -0.39 is 0 Å². The highest BCUT2D eigenvalue weighted by Gasteiger charge is 2.12. The maximum absolute atomic E-state index is 12.2. The first-order chi connectivity index (χ1) is 10.7. The average molecular weight is 335 g/mol. The molecule has 2 N–H and O–H groups in total. The number of fused-ring (bicyclic) bond motifs is 1. The SMILES string of the molecule is CC[NH+](Cc1nc2cc(Cl)ccc2c(=O)[nH]1)Cc1cccs1. The third kappa shape index (κ3) is 3.38. The summed E-state index contributed by atoms with van der Waals surface area (Å²) in [5.41, 5.74) is 0.543. The van der Waals surface area contributed by atoms with Crippen molar-refractivity contribution in [3.8, 4) is 0 Å². The first-order valence-corrected chi connectivity index (χ1v) is 8.46. The lowest BCUT2D eigenvalue weighted by molar-refractivity contribution is -0.926. The Balaban J connectivity index is 1.87. The third-order valence-electron chi connectivity index (χ3n) is 3.64. The minimum Gasteiger partial charge on any atom is -0.324 e. The van der Waals surface area contributed by atoms with Crippen LogP contribution in [-0.4, -0.2) is 16.5 Å². The van der Waals surface area contributed by atoms with E-state index >= 15 is 0 Å². The van der Waals surface area contributed by atoms with Crippen molar-refractivity contribution in [1.82, 2.24) is 9.97 Å². The van der Waals surface area contributed by atoms with Crippen LogP contribution in [0.15, 0.2) is 40.5 Å². The molecule has 0 fully saturated rings. The second-order valence-corrected chi connectivity index (χ2v) is 6.68. The summed E-state index contributed by atoms with van der Waals surface area (Å²) in [6.45, 7) is 4.73. The van der Waals surface area contributed by atoms with Gasteiger partial charge in [-0.25, -0.2) is 4.98 Å². The van der Waals surface area contributed by atoms with Gasteiger partial charge in [-0.3, -0.25) is 4.79 Å². The molecular formula is C16H17ClN3OS+. The van der Waals surface area contributed by atoms with Gasteiger partial charge >= 0.3 is 0 Å². The summed E-state index contributed by atoms with van der Waals surface area (Å²) in [5.74, 6) is 0.702. The fourth-order valence-corrected chi connectivity index (χ4v) is 3.40. The number of nitrogens with zero attached hydrogens (tertiary/aromatic N) is 1. The maximum atomic E-state index is 12.2. The van der Waals surface area contributed by atoms with Gasteiger partial charge in [-0.1, -0.05) is 17.7 Å². The van der Waals surface area contributed by atoms with E-state index in [9.17, 15) is 4.79 Å². The van der Waals surface area contributed by atoms with Crippen molar-refractivity contribution in [1.29, 1.82) is 0 Å². The van der Waals surface area contributed by atoms with Crippen molar-refractivity contribution < 1.29 is 4.90 Å². The first-order valence-electron chi connectivity index (χ1n) is 7.20. The van der Waals surface area contributed by atoms with E-state index in [2.05, 4.69) is 34.4 Å². The van der Waals surface area contributed by atoms with Gasteiger partial charge in [0, 0.05) is 5.02 Å². The molecule has 0 spiro atoms. The third-order valence-corrected chi connectivity index (χ3v) is 4.75. The standard InChI is InChI=1S/C16H16ClN3OS/c1-2-20(9-12-4-3-7-22-12)10-15-18-14-8-11(17)5-6-13(14)16(21)19-15/h3-8H,2,9-10H2,1H3,(H,18,19,21)/p+1. The molecule has 1 unspecified atom stereocenters. The molecule has 0 saturated carbocycles. The van der Waals surface area contributed by atoms with Crippen LogP contribution in [0.2, 0.25) is 5.02 Å². The van der Waals surface area contributed by atoms with Gasteiger partial charge in [-0.2, -0.15) is 0 Å². The highest BCUT2D eigenvalue weighted by atomic mass is 35.5. The maximum Gasteiger partial charge on any atom is 0.258 e. The van der Waals surface area contributed by atoms with E-state index in [0.29, 0.717) is 28.3 Å². The summed E-state index contributed by atoms with van der Waals surface area (Å²) in [7, 11) is 0. The molecule has 0 bridgehead atoms. The average Bonchev–Trinajstić information content (AvgIpc) is 2.99. The van der Waals surface area contributed by atoms with Gasteiger partial charge in [0.05, 0.1) is 22.3 Å². The van der Waals surface area contributed by atoms with Gasteiger partial charge in [0.1, 0.15) is 13.1 Å². The molecule has 2 aromatic heterocycles. The van der Waals surface area contributed by atoms with Gasteiger partial charge in [-0.05, 0) is 36.6 Å². The number of thiophene rings is 1. The predicted octanol–water partition coefficient (Wildman–Crippen LogP) is 2.24. The zero-order chi connectivity index (χ0) is 15.5. The minimum absolute atomic E-state index is 0.108. The lowest BCUT2D eigenvalue weighted by Crippen LogP contribution is -3.09. The second kappa shape index (κ2) is 6.60. The Kier molecular flexibility index (Phi) is 4.57. The van der Waals surface area contributed by atoms with Crippen LogP contribution < -0.4 is 10.5 Å². The van der Waals surface area contributed by atoms with Gasteiger partial charge in [0.15, 0.2) is 5.82 Å². The van der Waals surface area contributed by atoms with Crippen LogP contribution in [-0.2, 0) is 13.1 Å². The van der Waals surface area contributed by atoms with Crippen molar-refractivity contribution in [3.63, 3.8) is 0 Å². The molecule has 22 heavy (non-hydrogen) atoms. The summed E-state index contributed by atoms with van der Waals surface area (Å²) in [4.78, 5) is 22.3. The van der Waals surface area contributed by atoms with E-state index in [1.165, 1.54) is 9.78 Å². The smallest absolute Gasteiger partial charge is 0.258 e. The fourth-order valence-electron chi connectivity index (χ4n) is 2.45. The van der Waals surface area contributed by atoms with Crippen molar-refractivity contribution in [2.45, 2.75) is 20.0 Å². The van der Waals surface area contributed by atoms with Crippen LogP contribution >= 0.6 is 22.9 Å².